The van der Waals surface area contributed by atoms with E-state index in [0.717, 1.165) is 11.3 Å². The van der Waals surface area contributed by atoms with Gasteiger partial charge in [-0.15, -0.1) is 0 Å². The van der Waals surface area contributed by atoms with E-state index in [4.69, 9.17) is 9.68 Å². The van der Waals surface area contributed by atoms with Crippen LogP contribution < -0.4 is 10.9 Å². The molecule has 1 N–H and O–H groups in total. The largest absolute Gasteiger partial charge is 0.422 e. The van der Waals surface area contributed by atoms with Crippen molar-refractivity contribution in [2.45, 2.75) is 0 Å². The van der Waals surface area contributed by atoms with Gasteiger partial charge in [0.15, 0.2) is 5.13 Å². The Morgan fingerprint density at radius 2 is 2.19 bits per heavy atom. The van der Waals surface area contributed by atoms with Crippen molar-refractivity contribution in [3.63, 3.8) is 0 Å². The lowest BCUT2D eigenvalue weighted by atomic mass is 10.2. The van der Waals surface area contributed by atoms with Crippen LogP contribution in [0.15, 0.2) is 45.7 Å². The molecule has 1 aromatic carbocycles. The molecule has 0 saturated carbocycles. The maximum absolute atomic E-state index is 12.1. The summed E-state index contributed by atoms with van der Waals surface area (Å²) in [6.07, 6.45) is 1.35. The van der Waals surface area contributed by atoms with Gasteiger partial charge in [-0.25, -0.2) is 9.78 Å². The zero-order chi connectivity index (χ0) is 14.8. The number of amides is 1. The highest BCUT2D eigenvalue weighted by molar-refractivity contribution is 7.16. The van der Waals surface area contributed by atoms with Gasteiger partial charge in [0.05, 0.1) is 6.20 Å². The van der Waals surface area contributed by atoms with Crippen LogP contribution in [0.25, 0.3) is 11.0 Å². The van der Waals surface area contributed by atoms with Crippen molar-refractivity contribution in [3.05, 3.63) is 57.4 Å². The number of aromatic nitrogens is 1. The van der Waals surface area contributed by atoms with Gasteiger partial charge in [-0.2, -0.15) is 5.26 Å². The van der Waals surface area contributed by atoms with E-state index in [2.05, 4.69) is 10.3 Å². The van der Waals surface area contributed by atoms with Gasteiger partial charge in [0.1, 0.15) is 22.1 Å². The van der Waals surface area contributed by atoms with Crippen LogP contribution in [0.1, 0.15) is 15.2 Å². The van der Waals surface area contributed by atoms with Crippen LogP contribution in [0.5, 0.6) is 0 Å². The summed E-state index contributed by atoms with van der Waals surface area (Å²) in [6, 6.07) is 10.3. The van der Waals surface area contributed by atoms with Gasteiger partial charge < -0.3 is 4.42 Å². The van der Waals surface area contributed by atoms with Crippen LogP contribution in [0.4, 0.5) is 5.13 Å². The van der Waals surface area contributed by atoms with E-state index in [1.165, 1.54) is 12.3 Å². The van der Waals surface area contributed by atoms with E-state index >= 15 is 0 Å². The standard InChI is InChI=1S/C14H7N3O3S/c15-6-9-7-16-14(21-9)17-12(18)10-5-8-3-1-2-4-11(8)20-13(10)19/h1-5,7H,(H,16,17,18). The number of rotatable bonds is 2. The molecule has 102 valence electrons. The summed E-state index contributed by atoms with van der Waals surface area (Å²) >= 11 is 1.03. The van der Waals surface area contributed by atoms with Gasteiger partial charge in [0.2, 0.25) is 0 Å². The van der Waals surface area contributed by atoms with Crippen molar-refractivity contribution < 1.29 is 9.21 Å². The molecular weight excluding hydrogens is 290 g/mol. The minimum atomic E-state index is -0.719. The topological polar surface area (TPSA) is 96.0 Å². The van der Waals surface area contributed by atoms with Crippen LogP contribution in [-0.2, 0) is 0 Å². The second kappa shape index (κ2) is 5.19. The predicted molar refractivity (Wildman–Crippen MR) is 77.3 cm³/mol. The summed E-state index contributed by atoms with van der Waals surface area (Å²) in [4.78, 5) is 28.2. The molecule has 3 aromatic rings. The second-order valence-electron chi connectivity index (χ2n) is 4.08. The molecular formula is C14H7N3O3S. The molecule has 0 aliphatic heterocycles. The lowest BCUT2D eigenvalue weighted by molar-refractivity contribution is 0.102. The van der Waals surface area contributed by atoms with Crippen molar-refractivity contribution >= 4 is 33.3 Å². The molecule has 2 aromatic heterocycles. The fraction of sp³-hybridized carbons (Fsp3) is 0. The van der Waals surface area contributed by atoms with Crippen molar-refractivity contribution in [2.24, 2.45) is 0 Å². The summed E-state index contributed by atoms with van der Waals surface area (Å²) in [5.41, 5.74) is -0.411. The minimum absolute atomic E-state index is 0.109. The van der Waals surface area contributed by atoms with Gasteiger partial charge in [0, 0.05) is 5.39 Å². The van der Waals surface area contributed by atoms with Crippen LogP contribution in [0, 0.1) is 11.3 Å². The molecule has 0 aliphatic rings. The number of fused-ring (bicyclic) bond motifs is 1. The lowest BCUT2D eigenvalue weighted by Crippen LogP contribution is -2.20. The smallest absolute Gasteiger partial charge is 0.349 e. The summed E-state index contributed by atoms with van der Waals surface area (Å²) in [7, 11) is 0. The quantitative estimate of drug-likeness (QED) is 0.732. The molecule has 3 rings (SSSR count). The Bertz CT molecular complexity index is 936. The SMILES string of the molecule is N#Cc1cnc(NC(=O)c2cc3ccccc3oc2=O)s1. The van der Waals surface area contributed by atoms with E-state index in [1.54, 1.807) is 24.3 Å². The monoisotopic (exact) mass is 297 g/mol. The average Bonchev–Trinajstić information content (AvgIpc) is 2.94. The molecule has 0 spiro atoms. The highest BCUT2D eigenvalue weighted by Crippen LogP contribution is 2.18. The van der Waals surface area contributed by atoms with Gasteiger partial charge in [-0.1, -0.05) is 29.5 Å². The number of anilines is 1. The van der Waals surface area contributed by atoms with E-state index in [1.807, 2.05) is 6.07 Å². The Balaban J connectivity index is 1.96. The molecule has 0 unspecified atom stereocenters. The lowest BCUT2D eigenvalue weighted by Gasteiger charge is -2.02. The number of nitrogens with zero attached hydrogens (tertiary/aromatic N) is 2. The summed E-state index contributed by atoms with van der Waals surface area (Å²) < 4.78 is 5.09. The van der Waals surface area contributed by atoms with Crippen LogP contribution in [0.3, 0.4) is 0 Å². The molecule has 0 aliphatic carbocycles. The fourth-order valence-electron chi connectivity index (χ4n) is 1.77. The molecule has 0 fully saturated rings. The van der Waals surface area contributed by atoms with Gasteiger partial charge in [0.25, 0.3) is 5.91 Å². The molecule has 2 heterocycles. The predicted octanol–water partition coefficient (Wildman–Crippen LogP) is 2.37. The highest BCUT2D eigenvalue weighted by atomic mass is 32.1. The van der Waals surface area contributed by atoms with Crippen LogP contribution in [-0.4, -0.2) is 10.9 Å². The van der Waals surface area contributed by atoms with Gasteiger partial charge in [-0.3, -0.25) is 10.1 Å². The molecule has 6 nitrogen and oxygen atoms in total. The number of thiazole rings is 1. The Labute approximate surface area is 122 Å². The number of nitrogens with one attached hydrogen (secondary N) is 1. The number of nitriles is 1. The number of hydrogen-bond donors (Lipinski definition) is 1. The van der Waals surface area contributed by atoms with Crippen LogP contribution in [0.2, 0.25) is 0 Å². The molecule has 0 radical (unpaired) electrons. The zero-order valence-corrected chi connectivity index (χ0v) is 11.3. The Hall–Kier alpha value is -2.98. The first kappa shape index (κ1) is 13.0. The third kappa shape index (κ3) is 2.52. The Kier molecular flexibility index (Phi) is 3.22. The third-order valence-corrected chi connectivity index (χ3v) is 3.54. The number of benzene rings is 1. The van der Waals surface area contributed by atoms with Crippen LogP contribution >= 0.6 is 11.3 Å². The normalized spacial score (nSPS) is 10.2. The first-order chi connectivity index (χ1) is 10.2. The maximum Gasteiger partial charge on any atom is 0.349 e. The molecule has 21 heavy (non-hydrogen) atoms. The van der Waals surface area contributed by atoms with E-state index in [0.29, 0.717) is 15.8 Å². The number of hydrogen-bond acceptors (Lipinski definition) is 6. The molecule has 0 saturated heterocycles. The molecule has 0 bridgehead atoms. The van der Waals surface area contributed by atoms with Crippen molar-refractivity contribution in [1.82, 2.24) is 4.98 Å². The van der Waals surface area contributed by atoms with Crippen molar-refractivity contribution in [1.29, 1.82) is 5.26 Å². The van der Waals surface area contributed by atoms with Crippen molar-refractivity contribution in [3.8, 4) is 6.07 Å². The zero-order valence-electron chi connectivity index (χ0n) is 10.5. The highest BCUT2D eigenvalue weighted by Gasteiger charge is 2.15. The number of para-hydroxylation sites is 1. The first-order valence-corrected chi connectivity index (χ1v) is 6.69. The van der Waals surface area contributed by atoms with Gasteiger partial charge >= 0.3 is 5.63 Å². The number of carbonyl (C=O) groups excluding carboxylic acids is 1. The first-order valence-electron chi connectivity index (χ1n) is 5.87. The number of carbonyl (C=O) groups is 1. The minimum Gasteiger partial charge on any atom is -0.422 e. The Morgan fingerprint density at radius 3 is 2.95 bits per heavy atom. The summed E-state index contributed by atoms with van der Waals surface area (Å²) in [6.45, 7) is 0. The average molecular weight is 297 g/mol. The fourth-order valence-corrected chi connectivity index (χ4v) is 2.38. The van der Waals surface area contributed by atoms with E-state index < -0.39 is 11.5 Å². The second-order valence-corrected chi connectivity index (χ2v) is 5.11. The molecule has 1 amide bonds. The van der Waals surface area contributed by atoms with Gasteiger partial charge in [-0.05, 0) is 12.1 Å². The van der Waals surface area contributed by atoms with E-state index in [-0.39, 0.29) is 10.7 Å². The van der Waals surface area contributed by atoms with Crippen molar-refractivity contribution in [2.75, 3.05) is 5.32 Å². The maximum atomic E-state index is 12.1. The summed E-state index contributed by atoms with van der Waals surface area (Å²) in [5.74, 6) is -0.617. The summed E-state index contributed by atoms with van der Waals surface area (Å²) in [5, 5.41) is 12.1. The Morgan fingerprint density at radius 1 is 1.38 bits per heavy atom. The van der Waals surface area contributed by atoms with E-state index in [9.17, 15) is 9.59 Å². The third-order valence-electron chi connectivity index (χ3n) is 2.72. The molecule has 7 heteroatoms. The molecule has 0 atom stereocenters.